The molecule has 31 heavy (non-hydrogen) atoms. The van der Waals surface area contributed by atoms with Crippen molar-refractivity contribution in [3.8, 4) is 11.4 Å². The molecule has 0 radical (unpaired) electrons. The van der Waals surface area contributed by atoms with Crippen LogP contribution in [0.25, 0.3) is 16.7 Å². The topological polar surface area (TPSA) is 56.2 Å². The molecule has 1 amide bonds. The van der Waals surface area contributed by atoms with Gasteiger partial charge in [0.25, 0.3) is 0 Å². The molecule has 0 unspecified atom stereocenters. The number of imidazole rings is 1. The Morgan fingerprint density at radius 3 is 2.35 bits per heavy atom. The predicted molar refractivity (Wildman–Crippen MR) is 114 cm³/mol. The third-order valence-corrected chi connectivity index (χ3v) is 5.19. The number of anilines is 1. The van der Waals surface area contributed by atoms with Crippen molar-refractivity contribution in [1.82, 2.24) is 9.55 Å². The molecule has 0 aliphatic rings. The first-order valence-corrected chi connectivity index (χ1v) is 10.2. The maximum absolute atomic E-state index is 12.4. The lowest BCUT2D eigenvalue weighted by Gasteiger charge is -2.10. The van der Waals surface area contributed by atoms with Crippen LogP contribution in [0.5, 0.6) is 5.75 Å². The zero-order chi connectivity index (χ0) is 21.8. The van der Waals surface area contributed by atoms with E-state index in [-0.39, 0.29) is 17.4 Å². The highest BCUT2D eigenvalue weighted by Crippen LogP contribution is 2.28. The van der Waals surface area contributed by atoms with Crippen LogP contribution in [0.15, 0.2) is 84.0 Å². The van der Waals surface area contributed by atoms with Gasteiger partial charge in [-0.2, -0.15) is 0 Å². The summed E-state index contributed by atoms with van der Waals surface area (Å²) in [5.41, 5.74) is 3.04. The van der Waals surface area contributed by atoms with Gasteiger partial charge in [0, 0.05) is 11.4 Å². The number of nitrogens with zero attached hydrogens (tertiary/aromatic N) is 2. The average Bonchev–Trinajstić information content (AvgIpc) is 3.12. The molecule has 0 spiro atoms. The van der Waals surface area contributed by atoms with Crippen LogP contribution < -0.4 is 10.1 Å². The summed E-state index contributed by atoms with van der Waals surface area (Å²) >= 11 is 1.27. The number of amides is 1. The summed E-state index contributed by atoms with van der Waals surface area (Å²) < 4.78 is 42.5. The van der Waals surface area contributed by atoms with Gasteiger partial charge < -0.3 is 10.1 Å². The minimum atomic E-state index is -4.76. The van der Waals surface area contributed by atoms with Gasteiger partial charge in [-0.25, -0.2) is 4.98 Å². The van der Waals surface area contributed by atoms with Gasteiger partial charge >= 0.3 is 6.36 Å². The van der Waals surface area contributed by atoms with Gasteiger partial charge in [0.05, 0.1) is 16.8 Å². The maximum atomic E-state index is 12.4. The number of thioether (sulfide) groups is 1. The smallest absolute Gasteiger partial charge is 0.406 e. The number of carbonyl (C=O) groups excluding carboxylic acids is 1. The van der Waals surface area contributed by atoms with E-state index >= 15 is 0 Å². The van der Waals surface area contributed by atoms with Gasteiger partial charge in [-0.3, -0.25) is 9.36 Å². The lowest BCUT2D eigenvalue weighted by Crippen LogP contribution is -2.17. The molecule has 0 aliphatic heterocycles. The molecule has 0 fully saturated rings. The molecule has 0 saturated carbocycles. The Balaban J connectivity index is 1.46. The lowest BCUT2D eigenvalue weighted by atomic mass is 10.3. The number of hydrogen-bond donors (Lipinski definition) is 1. The zero-order valence-electron chi connectivity index (χ0n) is 16.0. The van der Waals surface area contributed by atoms with Gasteiger partial charge in [-0.05, 0) is 48.5 Å². The fourth-order valence-corrected chi connectivity index (χ4v) is 3.82. The second kappa shape index (κ2) is 8.73. The van der Waals surface area contributed by atoms with E-state index in [4.69, 9.17) is 0 Å². The van der Waals surface area contributed by atoms with Gasteiger partial charge in [0.2, 0.25) is 5.91 Å². The van der Waals surface area contributed by atoms with Crippen molar-refractivity contribution >= 4 is 34.4 Å². The van der Waals surface area contributed by atoms with Crippen LogP contribution in [0.3, 0.4) is 0 Å². The maximum Gasteiger partial charge on any atom is 0.573 e. The summed E-state index contributed by atoms with van der Waals surface area (Å²) in [6, 6.07) is 22.4. The first-order chi connectivity index (χ1) is 14.9. The first kappa shape index (κ1) is 20.8. The number of hydrogen-bond acceptors (Lipinski definition) is 4. The zero-order valence-corrected chi connectivity index (χ0v) is 16.8. The number of ether oxygens (including phenoxy) is 1. The third kappa shape index (κ3) is 5.18. The highest BCUT2D eigenvalue weighted by Gasteiger charge is 2.31. The molecule has 0 saturated heterocycles. The van der Waals surface area contributed by atoms with Crippen molar-refractivity contribution in [3.63, 3.8) is 0 Å². The highest BCUT2D eigenvalue weighted by molar-refractivity contribution is 7.99. The van der Waals surface area contributed by atoms with E-state index in [1.54, 1.807) is 0 Å². The number of nitrogens with one attached hydrogen (secondary N) is 1. The van der Waals surface area contributed by atoms with E-state index in [9.17, 15) is 18.0 Å². The summed E-state index contributed by atoms with van der Waals surface area (Å²) in [7, 11) is 0. The standard InChI is InChI=1S/C22H16F3N3O2S/c23-22(24,25)30-17-12-10-15(11-13-17)26-20(29)14-31-21-27-18-8-4-5-9-19(18)28(21)16-6-2-1-3-7-16/h1-13H,14H2,(H,26,29). The van der Waals surface area contributed by atoms with Gasteiger partial charge in [-0.15, -0.1) is 13.2 Å². The lowest BCUT2D eigenvalue weighted by molar-refractivity contribution is -0.274. The molecular weight excluding hydrogens is 427 g/mol. The fraction of sp³-hybridized carbons (Fsp3) is 0.0909. The Labute approximate surface area is 179 Å². The van der Waals surface area contributed by atoms with Crippen molar-refractivity contribution in [3.05, 3.63) is 78.9 Å². The van der Waals surface area contributed by atoms with Crippen molar-refractivity contribution < 1.29 is 22.7 Å². The first-order valence-electron chi connectivity index (χ1n) is 9.20. The number of halogens is 3. The van der Waals surface area contributed by atoms with E-state index in [1.807, 2.05) is 59.2 Å². The number of carbonyl (C=O) groups is 1. The molecule has 158 valence electrons. The van der Waals surface area contributed by atoms with Crippen molar-refractivity contribution in [2.45, 2.75) is 11.5 Å². The largest absolute Gasteiger partial charge is 0.573 e. The van der Waals surface area contributed by atoms with Crippen molar-refractivity contribution in [1.29, 1.82) is 0 Å². The van der Waals surface area contributed by atoms with Crippen LogP contribution in [0.1, 0.15) is 0 Å². The monoisotopic (exact) mass is 443 g/mol. The van der Waals surface area contributed by atoms with Crippen LogP contribution in [0.2, 0.25) is 0 Å². The summed E-state index contributed by atoms with van der Waals surface area (Å²) in [6.07, 6.45) is -4.76. The number of aromatic nitrogens is 2. The van der Waals surface area contributed by atoms with E-state index in [2.05, 4.69) is 15.0 Å². The summed E-state index contributed by atoms with van der Waals surface area (Å²) in [5, 5.41) is 3.33. The minimum absolute atomic E-state index is 0.0803. The second-order valence-corrected chi connectivity index (χ2v) is 7.41. The van der Waals surface area contributed by atoms with Gasteiger partial charge in [0.1, 0.15) is 5.75 Å². The summed E-state index contributed by atoms with van der Waals surface area (Å²) in [4.78, 5) is 17.0. The molecule has 1 aromatic heterocycles. The Morgan fingerprint density at radius 2 is 1.65 bits per heavy atom. The van der Waals surface area contributed by atoms with Crippen molar-refractivity contribution in [2.75, 3.05) is 11.1 Å². The molecule has 0 bridgehead atoms. The van der Waals surface area contributed by atoms with Crippen LogP contribution in [-0.2, 0) is 4.79 Å². The quantitative estimate of drug-likeness (QED) is 0.391. The number of benzene rings is 3. The molecule has 9 heteroatoms. The number of fused-ring (bicyclic) bond motifs is 1. The number of rotatable bonds is 6. The van der Waals surface area contributed by atoms with Crippen LogP contribution in [0, 0.1) is 0 Å². The molecular formula is C22H16F3N3O2S. The SMILES string of the molecule is O=C(CSc1nc2ccccc2n1-c1ccccc1)Nc1ccc(OC(F)(F)F)cc1. The van der Waals surface area contributed by atoms with Gasteiger partial charge in [0.15, 0.2) is 5.16 Å². The molecule has 3 aromatic carbocycles. The average molecular weight is 443 g/mol. The van der Waals surface area contributed by atoms with Crippen LogP contribution in [0.4, 0.5) is 18.9 Å². The second-order valence-electron chi connectivity index (χ2n) is 6.46. The van der Waals surface area contributed by atoms with E-state index in [0.29, 0.717) is 10.8 Å². The van der Waals surface area contributed by atoms with E-state index in [1.165, 1.54) is 23.9 Å². The van der Waals surface area contributed by atoms with Crippen molar-refractivity contribution in [2.24, 2.45) is 0 Å². The van der Waals surface area contributed by atoms with Crippen LogP contribution in [-0.4, -0.2) is 27.6 Å². The molecule has 5 nitrogen and oxygen atoms in total. The molecule has 0 atom stereocenters. The predicted octanol–water partition coefficient (Wildman–Crippen LogP) is 5.65. The van der Waals surface area contributed by atoms with Crippen LogP contribution >= 0.6 is 11.8 Å². The summed E-state index contributed by atoms with van der Waals surface area (Å²) in [5.74, 6) is -0.575. The van der Waals surface area contributed by atoms with E-state index in [0.717, 1.165) is 28.9 Å². The molecule has 1 N–H and O–H groups in total. The molecule has 0 aliphatic carbocycles. The Morgan fingerprint density at radius 1 is 0.968 bits per heavy atom. The Kier molecular flexibility index (Phi) is 5.85. The highest BCUT2D eigenvalue weighted by atomic mass is 32.2. The molecule has 4 rings (SSSR count). The fourth-order valence-electron chi connectivity index (χ4n) is 2.99. The van der Waals surface area contributed by atoms with Gasteiger partial charge in [-0.1, -0.05) is 42.1 Å². The minimum Gasteiger partial charge on any atom is -0.406 e. The molecule has 1 heterocycles. The number of alkyl halides is 3. The number of para-hydroxylation sites is 3. The van der Waals surface area contributed by atoms with E-state index < -0.39 is 6.36 Å². The Hall–Kier alpha value is -3.46. The molecule has 4 aromatic rings. The normalized spacial score (nSPS) is 11.5. The third-order valence-electron chi connectivity index (χ3n) is 4.25. The Bertz CT molecular complexity index is 1190. The summed E-state index contributed by atoms with van der Waals surface area (Å²) in [6.45, 7) is 0.